The van der Waals surface area contributed by atoms with Crippen LogP contribution >= 0.6 is 23.2 Å². The lowest BCUT2D eigenvalue weighted by atomic mass is 10.2. The van der Waals surface area contributed by atoms with E-state index in [4.69, 9.17) is 28.2 Å². The van der Waals surface area contributed by atoms with Crippen LogP contribution in [0.1, 0.15) is 12.7 Å². The van der Waals surface area contributed by atoms with Gasteiger partial charge in [-0.25, -0.2) is 18.4 Å². The maximum Gasteiger partial charge on any atom is 0.243 e. The van der Waals surface area contributed by atoms with Crippen LogP contribution in [-0.2, 0) is 16.4 Å². The van der Waals surface area contributed by atoms with E-state index in [2.05, 4.69) is 9.88 Å². The van der Waals surface area contributed by atoms with Crippen LogP contribution in [0.3, 0.4) is 0 Å². The van der Waals surface area contributed by atoms with Crippen molar-refractivity contribution in [2.24, 2.45) is 0 Å². The molecule has 0 saturated carbocycles. The molecule has 0 N–H and O–H groups in total. The first-order valence-corrected chi connectivity index (χ1v) is 11.5. The van der Waals surface area contributed by atoms with Crippen LogP contribution in [0.2, 0.25) is 10.0 Å². The highest BCUT2D eigenvalue weighted by Crippen LogP contribution is 2.28. The van der Waals surface area contributed by atoms with Crippen LogP contribution in [-0.4, -0.2) is 48.9 Å². The molecule has 3 aromatic rings. The molecule has 1 aliphatic heterocycles. The number of nitrogens with zero attached hydrogens (tertiary/aromatic N) is 4. The Balaban J connectivity index is 1.59. The highest BCUT2D eigenvalue weighted by Gasteiger charge is 2.29. The van der Waals surface area contributed by atoms with Gasteiger partial charge in [0.15, 0.2) is 0 Å². The molecule has 4 rings (SSSR count). The van der Waals surface area contributed by atoms with Gasteiger partial charge in [-0.3, -0.25) is 0 Å². The molecular formula is C20H20Cl2N4O2S. The van der Waals surface area contributed by atoms with Crippen LogP contribution in [0.15, 0.2) is 47.4 Å². The molecule has 0 amide bonds. The monoisotopic (exact) mass is 450 g/mol. The standard InChI is InChI=1S/C20H20Cl2N4O2S/c1-2-19-23-18-13-15(22)5-8-17(18)20(24-19)25-9-11-26(12-10-25)29(27,28)16-6-3-14(21)4-7-16/h3-8,13H,2,9-12H2,1H3. The number of halogens is 2. The third-order valence-electron chi connectivity index (χ3n) is 4.99. The minimum absolute atomic E-state index is 0.255. The van der Waals surface area contributed by atoms with E-state index in [1.54, 1.807) is 24.3 Å². The molecule has 0 spiro atoms. The Bertz CT molecular complexity index is 1150. The number of benzene rings is 2. The number of sulfonamides is 1. The van der Waals surface area contributed by atoms with E-state index < -0.39 is 10.0 Å². The Hall–Kier alpha value is -1.93. The molecule has 2 aromatic carbocycles. The lowest BCUT2D eigenvalue weighted by Gasteiger charge is -2.35. The van der Waals surface area contributed by atoms with Gasteiger partial charge in [0, 0.05) is 48.0 Å². The zero-order valence-electron chi connectivity index (χ0n) is 15.8. The molecule has 0 atom stereocenters. The molecule has 1 saturated heterocycles. The van der Waals surface area contributed by atoms with Gasteiger partial charge in [0.05, 0.1) is 10.4 Å². The van der Waals surface area contributed by atoms with E-state index in [9.17, 15) is 8.42 Å². The van der Waals surface area contributed by atoms with Crippen molar-refractivity contribution in [2.45, 2.75) is 18.2 Å². The molecule has 1 fully saturated rings. The zero-order chi connectivity index (χ0) is 20.6. The molecule has 1 aliphatic rings. The third kappa shape index (κ3) is 4.05. The molecule has 0 radical (unpaired) electrons. The summed E-state index contributed by atoms with van der Waals surface area (Å²) in [6.07, 6.45) is 0.709. The minimum Gasteiger partial charge on any atom is -0.353 e. The maximum atomic E-state index is 12.9. The van der Waals surface area contributed by atoms with Crippen molar-refractivity contribution in [3.8, 4) is 0 Å². The van der Waals surface area contributed by atoms with E-state index in [0.29, 0.717) is 42.6 Å². The Morgan fingerprint density at radius 1 is 0.931 bits per heavy atom. The number of anilines is 1. The van der Waals surface area contributed by atoms with E-state index in [-0.39, 0.29) is 4.90 Å². The van der Waals surface area contributed by atoms with Gasteiger partial charge in [-0.1, -0.05) is 30.1 Å². The van der Waals surface area contributed by atoms with Crippen LogP contribution in [0.5, 0.6) is 0 Å². The summed E-state index contributed by atoms with van der Waals surface area (Å²) in [6.45, 7) is 3.86. The quantitative estimate of drug-likeness (QED) is 0.600. The molecule has 0 bridgehead atoms. The molecule has 29 heavy (non-hydrogen) atoms. The molecule has 152 valence electrons. The topological polar surface area (TPSA) is 66.4 Å². The van der Waals surface area contributed by atoms with Gasteiger partial charge in [-0.05, 0) is 42.5 Å². The second kappa shape index (κ2) is 8.07. The average Bonchev–Trinajstić information content (AvgIpc) is 2.73. The molecular weight excluding hydrogens is 431 g/mol. The lowest BCUT2D eigenvalue weighted by Crippen LogP contribution is -2.49. The number of rotatable bonds is 4. The number of aryl methyl sites for hydroxylation is 1. The van der Waals surface area contributed by atoms with E-state index in [0.717, 1.165) is 22.5 Å². The summed E-state index contributed by atoms with van der Waals surface area (Å²) in [5, 5.41) is 2.06. The predicted molar refractivity (Wildman–Crippen MR) is 116 cm³/mol. The molecule has 9 heteroatoms. The predicted octanol–water partition coefficient (Wildman–Crippen LogP) is 4.01. The van der Waals surface area contributed by atoms with Crippen LogP contribution in [0.25, 0.3) is 10.9 Å². The number of aromatic nitrogens is 2. The Kier molecular flexibility index (Phi) is 5.66. The van der Waals surface area contributed by atoms with Crippen molar-refractivity contribution in [1.29, 1.82) is 0 Å². The van der Waals surface area contributed by atoms with E-state index in [1.165, 1.54) is 4.31 Å². The van der Waals surface area contributed by atoms with Crippen LogP contribution < -0.4 is 4.90 Å². The molecule has 1 aromatic heterocycles. The number of hydrogen-bond donors (Lipinski definition) is 0. The van der Waals surface area contributed by atoms with Crippen molar-refractivity contribution < 1.29 is 8.42 Å². The molecule has 0 aliphatic carbocycles. The van der Waals surface area contributed by atoms with Crippen molar-refractivity contribution in [3.63, 3.8) is 0 Å². The zero-order valence-corrected chi connectivity index (χ0v) is 18.2. The minimum atomic E-state index is -3.55. The fraction of sp³-hybridized carbons (Fsp3) is 0.300. The van der Waals surface area contributed by atoms with E-state index >= 15 is 0 Å². The van der Waals surface area contributed by atoms with Crippen molar-refractivity contribution in [2.75, 3.05) is 31.1 Å². The number of piperazine rings is 1. The van der Waals surface area contributed by atoms with Gasteiger partial charge >= 0.3 is 0 Å². The van der Waals surface area contributed by atoms with Gasteiger partial charge in [-0.15, -0.1) is 0 Å². The highest BCUT2D eigenvalue weighted by atomic mass is 35.5. The Morgan fingerprint density at radius 2 is 1.59 bits per heavy atom. The van der Waals surface area contributed by atoms with E-state index in [1.807, 2.05) is 25.1 Å². The number of hydrogen-bond acceptors (Lipinski definition) is 5. The van der Waals surface area contributed by atoms with Gasteiger partial charge < -0.3 is 4.90 Å². The summed E-state index contributed by atoms with van der Waals surface area (Å²) in [5.41, 5.74) is 0.801. The molecule has 2 heterocycles. The Labute approximate surface area is 180 Å². The maximum absolute atomic E-state index is 12.9. The second-order valence-corrected chi connectivity index (χ2v) is 9.63. The van der Waals surface area contributed by atoms with Gasteiger partial charge in [0.2, 0.25) is 10.0 Å². The normalized spacial score (nSPS) is 15.8. The van der Waals surface area contributed by atoms with Gasteiger partial charge in [-0.2, -0.15) is 4.31 Å². The summed E-state index contributed by atoms with van der Waals surface area (Å²) in [5.74, 6) is 1.57. The van der Waals surface area contributed by atoms with Gasteiger partial charge in [0.1, 0.15) is 11.6 Å². The summed E-state index contributed by atoms with van der Waals surface area (Å²) >= 11 is 12.0. The molecule has 0 unspecified atom stereocenters. The average molecular weight is 451 g/mol. The first-order valence-electron chi connectivity index (χ1n) is 9.35. The summed E-state index contributed by atoms with van der Waals surface area (Å²) in [4.78, 5) is 11.7. The van der Waals surface area contributed by atoms with Crippen molar-refractivity contribution >= 4 is 49.9 Å². The highest BCUT2D eigenvalue weighted by molar-refractivity contribution is 7.89. The largest absolute Gasteiger partial charge is 0.353 e. The van der Waals surface area contributed by atoms with Gasteiger partial charge in [0.25, 0.3) is 0 Å². The first kappa shape index (κ1) is 20.3. The summed E-state index contributed by atoms with van der Waals surface area (Å²) < 4.78 is 27.3. The lowest BCUT2D eigenvalue weighted by molar-refractivity contribution is 0.384. The Morgan fingerprint density at radius 3 is 2.24 bits per heavy atom. The van der Waals surface area contributed by atoms with Crippen molar-refractivity contribution in [1.82, 2.24) is 14.3 Å². The smallest absolute Gasteiger partial charge is 0.243 e. The number of fused-ring (bicyclic) bond motifs is 1. The van der Waals surface area contributed by atoms with Crippen LogP contribution in [0, 0.1) is 0 Å². The van der Waals surface area contributed by atoms with Crippen molar-refractivity contribution in [3.05, 3.63) is 58.3 Å². The third-order valence-corrected chi connectivity index (χ3v) is 7.39. The molecule has 6 nitrogen and oxygen atoms in total. The fourth-order valence-electron chi connectivity index (χ4n) is 3.43. The summed E-state index contributed by atoms with van der Waals surface area (Å²) in [6, 6.07) is 11.8. The SMILES string of the molecule is CCc1nc(N2CCN(S(=O)(=O)c3ccc(Cl)cc3)CC2)c2ccc(Cl)cc2n1. The fourth-order valence-corrected chi connectivity index (χ4v) is 5.14. The second-order valence-electron chi connectivity index (χ2n) is 6.82. The van der Waals surface area contributed by atoms with Crippen LogP contribution in [0.4, 0.5) is 5.82 Å². The first-order chi connectivity index (χ1) is 13.9. The summed E-state index contributed by atoms with van der Waals surface area (Å²) in [7, 11) is -3.55.